The molecule has 6 nitrogen and oxygen atoms in total. The minimum Gasteiger partial charge on any atom is -0.376 e. The predicted molar refractivity (Wildman–Crippen MR) is 82.6 cm³/mol. The smallest absolute Gasteiger partial charge is 0.252 e. The molecule has 116 valence electrons. The van der Waals surface area contributed by atoms with Crippen molar-refractivity contribution in [2.24, 2.45) is 0 Å². The molecule has 1 aromatic heterocycles. The van der Waals surface area contributed by atoms with Crippen molar-refractivity contribution >= 4 is 11.7 Å². The van der Waals surface area contributed by atoms with Crippen LogP contribution in [-0.4, -0.2) is 62.2 Å². The Morgan fingerprint density at radius 3 is 2.95 bits per heavy atom. The van der Waals surface area contributed by atoms with Crippen LogP contribution in [-0.2, 0) is 4.74 Å². The van der Waals surface area contributed by atoms with Crippen molar-refractivity contribution in [3.05, 3.63) is 23.9 Å². The Kier molecular flexibility index (Phi) is 5.95. The number of aromatic nitrogens is 1. The fourth-order valence-electron chi connectivity index (χ4n) is 2.15. The Bertz CT molecular complexity index is 441. The molecular formula is C15H24N4O2. The molecular weight excluding hydrogens is 268 g/mol. The zero-order chi connectivity index (χ0) is 15.1. The van der Waals surface area contributed by atoms with Crippen molar-refractivity contribution in [1.82, 2.24) is 15.2 Å². The van der Waals surface area contributed by atoms with E-state index < -0.39 is 0 Å². The molecule has 2 heterocycles. The second-order valence-corrected chi connectivity index (χ2v) is 5.51. The maximum atomic E-state index is 12.0. The average Bonchev–Trinajstić information content (AvgIpc) is 2.98. The Morgan fingerprint density at radius 2 is 2.33 bits per heavy atom. The summed E-state index contributed by atoms with van der Waals surface area (Å²) in [5.41, 5.74) is 0.575. The van der Waals surface area contributed by atoms with Gasteiger partial charge in [0.25, 0.3) is 5.91 Å². The lowest BCUT2D eigenvalue weighted by Crippen LogP contribution is -2.31. The van der Waals surface area contributed by atoms with Gasteiger partial charge >= 0.3 is 0 Å². The molecule has 0 bridgehead atoms. The molecule has 0 spiro atoms. The summed E-state index contributed by atoms with van der Waals surface area (Å²) in [4.78, 5) is 18.3. The zero-order valence-electron chi connectivity index (χ0n) is 12.8. The van der Waals surface area contributed by atoms with E-state index in [-0.39, 0.29) is 12.0 Å². The number of ether oxygens (including phenoxy) is 1. The molecule has 0 saturated carbocycles. The van der Waals surface area contributed by atoms with E-state index in [4.69, 9.17) is 4.74 Å². The molecule has 21 heavy (non-hydrogen) atoms. The van der Waals surface area contributed by atoms with E-state index >= 15 is 0 Å². The summed E-state index contributed by atoms with van der Waals surface area (Å²) in [6, 6.07) is 3.62. The highest BCUT2D eigenvalue weighted by molar-refractivity contribution is 5.94. The molecule has 0 aliphatic carbocycles. The van der Waals surface area contributed by atoms with Crippen molar-refractivity contribution in [2.75, 3.05) is 45.7 Å². The number of nitrogens with one attached hydrogen (secondary N) is 2. The van der Waals surface area contributed by atoms with E-state index in [0.717, 1.165) is 38.4 Å². The van der Waals surface area contributed by atoms with Crippen molar-refractivity contribution < 1.29 is 9.53 Å². The Labute approximate surface area is 125 Å². The first-order valence-electron chi connectivity index (χ1n) is 7.39. The van der Waals surface area contributed by atoms with E-state index in [0.29, 0.717) is 12.1 Å². The molecule has 0 aromatic carbocycles. The molecule has 0 radical (unpaired) electrons. The van der Waals surface area contributed by atoms with E-state index in [2.05, 4.69) is 20.5 Å². The lowest BCUT2D eigenvalue weighted by molar-refractivity contribution is 0.0857. The fraction of sp³-hybridized carbons (Fsp3) is 0.600. The van der Waals surface area contributed by atoms with Crippen LogP contribution in [0.5, 0.6) is 0 Å². The quantitative estimate of drug-likeness (QED) is 0.784. The molecule has 2 rings (SSSR count). The number of rotatable bonds is 7. The molecule has 1 atom stereocenters. The van der Waals surface area contributed by atoms with Crippen LogP contribution in [0.4, 0.5) is 5.82 Å². The lowest BCUT2D eigenvalue weighted by Gasteiger charge is -2.12. The maximum absolute atomic E-state index is 12.0. The van der Waals surface area contributed by atoms with Gasteiger partial charge in [0.2, 0.25) is 0 Å². The summed E-state index contributed by atoms with van der Waals surface area (Å²) in [6.07, 6.45) is 3.86. The zero-order valence-corrected chi connectivity index (χ0v) is 12.8. The summed E-state index contributed by atoms with van der Waals surface area (Å²) in [5, 5.41) is 6.10. The number of amides is 1. The van der Waals surface area contributed by atoms with Crippen LogP contribution in [0.2, 0.25) is 0 Å². The van der Waals surface area contributed by atoms with Crippen molar-refractivity contribution in [2.45, 2.75) is 18.9 Å². The molecule has 1 unspecified atom stereocenters. The normalized spacial score (nSPS) is 18.0. The predicted octanol–water partition coefficient (Wildman–Crippen LogP) is 0.964. The van der Waals surface area contributed by atoms with Crippen LogP contribution in [0.25, 0.3) is 0 Å². The number of pyridine rings is 1. The van der Waals surface area contributed by atoms with Crippen LogP contribution in [0.15, 0.2) is 18.3 Å². The number of hydrogen-bond acceptors (Lipinski definition) is 5. The average molecular weight is 292 g/mol. The third-order valence-corrected chi connectivity index (χ3v) is 3.41. The van der Waals surface area contributed by atoms with Gasteiger partial charge in [0, 0.05) is 32.4 Å². The van der Waals surface area contributed by atoms with Crippen molar-refractivity contribution in [3.63, 3.8) is 0 Å². The first-order valence-corrected chi connectivity index (χ1v) is 7.39. The van der Waals surface area contributed by atoms with E-state index in [1.165, 1.54) is 0 Å². The number of carbonyl (C=O) groups is 1. The summed E-state index contributed by atoms with van der Waals surface area (Å²) in [5.74, 6) is 0.686. The van der Waals surface area contributed by atoms with Crippen LogP contribution >= 0.6 is 0 Å². The Hall–Kier alpha value is -1.66. The van der Waals surface area contributed by atoms with Crippen LogP contribution in [0, 0.1) is 0 Å². The first kappa shape index (κ1) is 15.7. The number of likely N-dealkylation sites (N-methyl/N-ethyl adjacent to an activating group) is 1. The minimum absolute atomic E-state index is 0.0992. The van der Waals surface area contributed by atoms with Crippen LogP contribution in [0.1, 0.15) is 23.2 Å². The Morgan fingerprint density at radius 1 is 1.48 bits per heavy atom. The summed E-state index contributed by atoms with van der Waals surface area (Å²) >= 11 is 0. The van der Waals surface area contributed by atoms with Crippen LogP contribution < -0.4 is 10.6 Å². The summed E-state index contributed by atoms with van der Waals surface area (Å²) in [6.45, 7) is 3.13. The minimum atomic E-state index is -0.0992. The number of hydrogen-bond donors (Lipinski definition) is 2. The van der Waals surface area contributed by atoms with E-state index in [1.54, 1.807) is 12.3 Å². The highest BCUT2D eigenvalue weighted by Crippen LogP contribution is 2.11. The summed E-state index contributed by atoms with van der Waals surface area (Å²) in [7, 11) is 4.05. The monoisotopic (exact) mass is 292 g/mol. The Balaban J connectivity index is 1.76. The van der Waals surface area contributed by atoms with Gasteiger partial charge in [0.1, 0.15) is 5.82 Å². The summed E-state index contributed by atoms with van der Waals surface area (Å²) < 4.78 is 5.48. The van der Waals surface area contributed by atoms with Gasteiger partial charge in [-0.25, -0.2) is 4.98 Å². The van der Waals surface area contributed by atoms with Gasteiger partial charge in [0.15, 0.2) is 0 Å². The second kappa shape index (κ2) is 7.95. The first-order chi connectivity index (χ1) is 10.1. The molecule has 6 heteroatoms. The molecule has 1 aliphatic heterocycles. The van der Waals surface area contributed by atoms with Crippen LogP contribution in [0.3, 0.4) is 0 Å². The fourth-order valence-corrected chi connectivity index (χ4v) is 2.15. The van der Waals surface area contributed by atoms with E-state index in [1.807, 2.05) is 20.2 Å². The van der Waals surface area contributed by atoms with Gasteiger partial charge in [-0.15, -0.1) is 0 Å². The molecule has 1 saturated heterocycles. The molecule has 1 fully saturated rings. The largest absolute Gasteiger partial charge is 0.376 e. The third kappa shape index (κ3) is 5.32. The molecule has 2 N–H and O–H groups in total. The molecule has 1 amide bonds. The van der Waals surface area contributed by atoms with Gasteiger partial charge in [-0.2, -0.15) is 0 Å². The highest BCUT2D eigenvalue weighted by Gasteiger charge is 2.16. The van der Waals surface area contributed by atoms with Gasteiger partial charge in [-0.05, 0) is 39.1 Å². The van der Waals surface area contributed by atoms with Gasteiger partial charge in [-0.1, -0.05) is 0 Å². The molecule has 1 aliphatic rings. The topological polar surface area (TPSA) is 66.5 Å². The highest BCUT2D eigenvalue weighted by atomic mass is 16.5. The molecule has 1 aromatic rings. The number of carbonyl (C=O) groups excluding carboxylic acids is 1. The lowest BCUT2D eigenvalue weighted by atomic mass is 10.2. The van der Waals surface area contributed by atoms with Gasteiger partial charge in [0.05, 0.1) is 11.7 Å². The second-order valence-electron chi connectivity index (χ2n) is 5.51. The SMILES string of the molecule is CN(C)CCNc1ccc(C(=O)NCC2CCCO2)cn1. The van der Waals surface area contributed by atoms with E-state index in [9.17, 15) is 4.79 Å². The third-order valence-electron chi connectivity index (χ3n) is 3.41. The van der Waals surface area contributed by atoms with Crippen molar-refractivity contribution in [1.29, 1.82) is 0 Å². The standard InChI is InChI=1S/C15H24N4O2/c1-19(2)8-7-16-14-6-5-12(10-17-14)15(20)18-11-13-4-3-9-21-13/h5-6,10,13H,3-4,7-9,11H2,1-2H3,(H,16,17)(H,18,20). The van der Waals surface area contributed by atoms with Gasteiger partial charge in [-0.3, -0.25) is 4.79 Å². The van der Waals surface area contributed by atoms with Crippen molar-refractivity contribution in [3.8, 4) is 0 Å². The number of anilines is 1. The maximum Gasteiger partial charge on any atom is 0.252 e. The number of nitrogens with zero attached hydrogens (tertiary/aromatic N) is 2. The van der Waals surface area contributed by atoms with Gasteiger partial charge < -0.3 is 20.3 Å².